The van der Waals surface area contributed by atoms with E-state index in [4.69, 9.17) is 0 Å². The third-order valence-electron chi connectivity index (χ3n) is 5.29. The highest BCUT2D eigenvalue weighted by molar-refractivity contribution is 5.77. The van der Waals surface area contributed by atoms with Crippen molar-refractivity contribution in [3.63, 3.8) is 0 Å². The van der Waals surface area contributed by atoms with E-state index >= 15 is 0 Å². The fraction of sp³-hybridized carbons (Fsp3) is 0.391. The van der Waals surface area contributed by atoms with Gasteiger partial charge in [-0.05, 0) is 41.5 Å². The number of rotatable bonds is 7. The molecule has 0 aliphatic heterocycles. The number of aromatic nitrogens is 2. The smallest absolute Gasteiger partial charge is 0.258 e. The molecule has 2 atom stereocenters. The molecule has 0 radical (unpaired) electrons. The van der Waals surface area contributed by atoms with Crippen molar-refractivity contribution in [2.24, 2.45) is 5.92 Å². The molecule has 2 N–H and O–H groups in total. The number of nitrogens with one attached hydrogen (secondary N) is 2. The second-order valence-electron chi connectivity index (χ2n) is 7.61. The van der Waals surface area contributed by atoms with Crippen LogP contribution in [-0.4, -0.2) is 9.97 Å². The van der Waals surface area contributed by atoms with Crippen LogP contribution in [0.4, 0.5) is 0 Å². The van der Waals surface area contributed by atoms with Crippen LogP contribution in [0, 0.1) is 5.92 Å². The summed E-state index contributed by atoms with van der Waals surface area (Å²) in [5.74, 6) is 1.67. The summed E-state index contributed by atoms with van der Waals surface area (Å²) >= 11 is 0. The molecule has 1 aromatic heterocycles. The number of fused-ring (bicyclic) bond motifs is 1. The lowest BCUT2D eigenvalue weighted by Crippen LogP contribution is -2.27. The van der Waals surface area contributed by atoms with Gasteiger partial charge in [-0.15, -0.1) is 0 Å². The van der Waals surface area contributed by atoms with Crippen LogP contribution in [0.1, 0.15) is 63.0 Å². The molecule has 0 unspecified atom stereocenters. The minimum atomic E-state index is -0.0867. The molecule has 3 rings (SSSR count). The summed E-state index contributed by atoms with van der Waals surface area (Å²) in [7, 11) is 0. The van der Waals surface area contributed by atoms with E-state index in [1.807, 2.05) is 18.2 Å². The molecule has 0 aliphatic rings. The molecule has 3 aromatic rings. The number of nitrogens with zero attached hydrogens (tertiary/aromatic N) is 1. The molecule has 0 saturated heterocycles. The van der Waals surface area contributed by atoms with Crippen molar-refractivity contribution in [1.29, 1.82) is 0 Å². The molecule has 4 heteroatoms. The summed E-state index contributed by atoms with van der Waals surface area (Å²) in [5, 5.41) is 4.20. The van der Waals surface area contributed by atoms with E-state index < -0.39 is 0 Å². The highest BCUT2D eigenvalue weighted by Gasteiger charge is 2.16. The Labute approximate surface area is 161 Å². The lowest BCUT2D eigenvalue weighted by atomic mass is 9.92. The third kappa shape index (κ3) is 4.45. The van der Waals surface area contributed by atoms with Crippen LogP contribution < -0.4 is 10.9 Å². The molecule has 2 aromatic carbocycles. The van der Waals surface area contributed by atoms with E-state index in [0.29, 0.717) is 29.6 Å². The van der Waals surface area contributed by atoms with Gasteiger partial charge in [-0.3, -0.25) is 4.79 Å². The molecule has 0 saturated carbocycles. The van der Waals surface area contributed by atoms with E-state index in [-0.39, 0.29) is 11.6 Å². The highest BCUT2D eigenvalue weighted by Crippen LogP contribution is 2.25. The molecule has 4 nitrogen and oxygen atoms in total. The summed E-state index contributed by atoms with van der Waals surface area (Å²) in [6.07, 6.45) is 1.15. The standard InChI is InChI=1S/C23H29N3O/c1-5-16(4)17-10-12-18(13-11-17)22(15(2)3)24-14-21-25-20-9-7-6-8-19(20)23(27)26-21/h6-13,15-16,22,24H,5,14H2,1-4H3,(H,25,26,27)/t16-,22-/m1/s1. The zero-order valence-corrected chi connectivity index (χ0v) is 16.6. The van der Waals surface area contributed by atoms with E-state index in [1.165, 1.54) is 11.1 Å². The zero-order valence-electron chi connectivity index (χ0n) is 16.6. The van der Waals surface area contributed by atoms with E-state index in [1.54, 1.807) is 6.07 Å². The average Bonchev–Trinajstić information content (AvgIpc) is 2.68. The molecule has 1 heterocycles. The van der Waals surface area contributed by atoms with Crippen LogP contribution in [-0.2, 0) is 6.54 Å². The van der Waals surface area contributed by atoms with Crippen molar-refractivity contribution in [2.75, 3.05) is 0 Å². The number of H-pyrrole nitrogens is 1. The average molecular weight is 364 g/mol. The van der Waals surface area contributed by atoms with Crippen molar-refractivity contribution in [1.82, 2.24) is 15.3 Å². The van der Waals surface area contributed by atoms with Gasteiger partial charge in [-0.1, -0.05) is 64.1 Å². The molecular formula is C23H29N3O. The van der Waals surface area contributed by atoms with Crippen LogP contribution in [0.5, 0.6) is 0 Å². The second-order valence-corrected chi connectivity index (χ2v) is 7.61. The largest absolute Gasteiger partial charge is 0.309 e. The van der Waals surface area contributed by atoms with Crippen molar-refractivity contribution >= 4 is 10.9 Å². The molecule has 27 heavy (non-hydrogen) atoms. The van der Waals surface area contributed by atoms with Crippen LogP contribution in [0.2, 0.25) is 0 Å². The predicted molar refractivity (Wildman–Crippen MR) is 112 cm³/mol. The normalized spacial score (nSPS) is 13.8. The van der Waals surface area contributed by atoms with Crippen molar-refractivity contribution in [3.8, 4) is 0 Å². The Balaban J connectivity index is 1.78. The highest BCUT2D eigenvalue weighted by atomic mass is 16.1. The summed E-state index contributed by atoms with van der Waals surface area (Å²) in [5.41, 5.74) is 3.29. The van der Waals surface area contributed by atoms with Gasteiger partial charge in [0.1, 0.15) is 5.82 Å². The summed E-state index contributed by atoms with van der Waals surface area (Å²) in [6.45, 7) is 9.41. The Morgan fingerprint density at radius 2 is 1.67 bits per heavy atom. The number of aromatic amines is 1. The fourth-order valence-electron chi connectivity index (χ4n) is 3.43. The van der Waals surface area contributed by atoms with Gasteiger partial charge in [-0.25, -0.2) is 4.98 Å². The summed E-state index contributed by atoms with van der Waals surface area (Å²) in [6, 6.07) is 16.5. The first-order chi connectivity index (χ1) is 13.0. The maximum Gasteiger partial charge on any atom is 0.258 e. The molecule has 0 bridgehead atoms. The predicted octanol–water partition coefficient (Wildman–Crippen LogP) is 4.92. The summed E-state index contributed by atoms with van der Waals surface area (Å²) in [4.78, 5) is 19.7. The Bertz CT molecular complexity index is 944. The van der Waals surface area contributed by atoms with Gasteiger partial charge in [-0.2, -0.15) is 0 Å². The molecule has 0 aliphatic carbocycles. The molecular weight excluding hydrogens is 334 g/mol. The van der Waals surface area contributed by atoms with Gasteiger partial charge in [0, 0.05) is 6.04 Å². The number of hydrogen-bond acceptors (Lipinski definition) is 3. The maximum atomic E-state index is 12.3. The fourth-order valence-corrected chi connectivity index (χ4v) is 3.43. The number of hydrogen-bond donors (Lipinski definition) is 2. The molecule has 0 fully saturated rings. The quantitative estimate of drug-likeness (QED) is 0.626. The van der Waals surface area contributed by atoms with Crippen molar-refractivity contribution in [2.45, 2.75) is 52.6 Å². The van der Waals surface area contributed by atoms with E-state index in [9.17, 15) is 4.79 Å². The van der Waals surface area contributed by atoms with Gasteiger partial charge < -0.3 is 10.3 Å². The Hall–Kier alpha value is -2.46. The molecule has 0 amide bonds. The first-order valence-electron chi connectivity index (χ1n) is 9.80. The lowest BCUT2D eigenvalue weighted by Gasteiger charge is -2.23. The van der Waals surface area contributed by atoms with Crippen LogP contribution in [0.3, 0.4) is 0 Å². The maximum absolute atomic E-state index is 12.3. The summed E-state index contributed by atoms with van der Waals surface area (Å²) < 4.78 is 0. The van der Waals surface area contributed by atoms with Crippen LogP contribution in [0.25, 0.3) is 10.9 Å². The van der Waals surface area contributed by atoms with Crippen LogP contribution >= 0.6 is 0 Å². The third-order valence-corrected chi connectivity index (χ3v) is 5.29. The van der Waals surface area contributed by atoms with E-state index in [2.05, 4.69) is 67.2 Å². The van der Waals surface area contributed by atoms with Gasteiger partial charge in [0.05, 0.1) is 17.4 Å². The van der Waals surface area contributed by atoms with Gasteiger partial charge in [0.2, 0.25) is 0 Å². The van der Waals surface area contributed by atoms with Crippen molar-refractivity contribution in [3.05, 3.63) is 75.8 Å². The van der Waals surface area contributed by atoms with Gasteiger partial charge in [0.25, 0.3) is 5.56 Å². The number of para-hydroxylation sites is 1. The number of benzene rings is 2. The topological polar surface area (TPSA) is 57.8 Å². The Morgan fingerprint density at radius 3 is 2.33 bits per heavy atom. The first-order valence-corrected chi connectivity index (χ1v) is 9.80. The zero-order chi connectivity index (χ0) is 19.4. The first kappa shape index (κ1) is 19.3. The lowest BCUT2D eigenvalue weighted by molar-refractivity contribution is 0.406. The van der Waals surface area contributed by atoms with Crippen LogP contribution in [0.15, 0.2) is 53.3 Å². The Morgan fingerprint density at radius 1 is 1.00 bits per heavy atom. The Kier molecular flexibility index (Phi) is 6.07. The van der Waals surface area contributed by atoms with Gasteiger partial charge >= 0.3 is 0 Å². The van der Waals surface area contributed by atoms with Crippen molar-refractivity contribution < 1.29 is 0 Å². The monoisotopic (exact) mass is 363 g/mol. The minimum Gasteiger partial charge on any atom is -0.309 e. The molecule has 142 valence electrons. The van der Waals surface area contributed by atoms with E-state index in [0.717, 1.165) is 11.9 Å². The minimum absolute atomic E-state index is 0.0867. The van der Waals surface area contributed by atoms with Gasteiger partial charge in [0.15, 0.2) is 0 Å². The second kappa shape index (κ2) is 8.49. The SMILES string of the molecule is CC[C@@H](C)c1ccc([C@H](NCc2nc3ccccc3c(=O)[nH]2)C(C)C)cc1. The molecule has 0 spiro atoms.